The summed E-state index contributed by atoms with van der Waals surface area (Å²) in [5.74, 6) is 0.189. The molecule has 0 bridgehead atoms. The molecule has 0 unspecified atom stereocenters. The van der Waals surface area contributed by atoms with Crippen molar-refractivity contribution in [3.8, 4) is 0 Å². The van der Waals surface area contributed by atoms with Crippen molar-refractivity contribution in [1.82, 2.24) is 5.32 Å². The second-order valence-electron chi connectivity index (χ2n) is 5.05. The van der Waals surface area contributed by atoms with Gasteiger partial charge in [0.15, 0.2) is 0 Å². The van der Waals surface area contributed by atoms with E-state index < -0.39 is 0 Å². The van der Waals surface area contributed by atoms with Crippen LogP contribution in [0.25, 0.3) is 0 Å². The number of halogens is 1. The van der Waals surface area contributed by atoms with Crippen LogP contribution in [0.1, 0.15) is 24.8 Å². The Morgan fingerprint density at radius 2 is 2.26 bits per heavy atom. The Kier molecular flexibility index (Phi) is 4.82. The Hall–Kier alpha value is -1.07. The van der Waals surface area contributed by atoms with E-state index in [-0.39, 0.29) is 18.1 Å². The summed E-state index contributed by atoms with van der Waals surface area (Å²) in [6, 6.07) is 5.54. The molecule has 1 aromatic carbocycles. The standard InChI is InChI=1S/C14H19BrN2O2/c1-9-5-6-11(15)7-12(9)17-14(19)16-8-10-3-2-4-13(10)18/h5-7,10,13,18H,2-4,8H2,1H3,(H2,16,17,19)/t10-,13-/m0/s1. The van der Waals surface area contributed by atoms with Gasteiger partial charge in [-0.3, -0.25) is 0 Å². The molecule has 1 saturated carbocycles. The van der Waals surface area contributed by atoms with E-state index in [1.165, 1.54) is 0 Å². The Morgan fingerprint density at radius 1 is 1.47 bits per heavy atom. The van der Waals surface area contributed by atoms with Crippen LogP contribution >= 0.6 is 15.9 Å². The van der Waals surface area contributed by atoms with Crippen molar-refractivity contribution in [3.05, 3.63) is 28.2 Å². The number of carbonyl (C=O) groups excluding carboxylic acids is 1. The van der Waals surface area contributed by atoms with E-state index in [1.54, 1.807) is 0 Å². The summed E-state index contributed by atoms with van der Waals surface area (Å²) in [4.78, 5) is 11.8. The van der Waals surface area contributed by atoms with E-state index >= 15 is 0 Å². The third kappa shape index (κ3) is 3.94. The summed E-state index contributed by atoms with van der Waals surface area (Å²) in [6.07, 6.45) is 2.60. The van der Waals surface area contributed by atoms with Gasteiger partial charge in [-0.05, 0) is 37.5 Å². The number of benzene rings is 1. The number of anilines is 1. The van der Waals surface area contributed by atoms with Crippen LogP contribution in [0.5, 0.6) is 0 Å². The van der Waals surface area contributed by atoms with Gasteiger partial charge in [-0.25, -0.2) is 4.79 Å². The van der Waals surface area contributed by atoms with Gasteiger partial charge in [-0.1, -0.05) is 28.4 Å². The van der Waals surface area contributed by atoms with Gasteiger partial charge in [-0.15, -0.1) is 0 Å². The van der Waals surface area contributed by atoms with Crippen molar-refractivity contribution in [2.75, 3.05) is 11.9 Å². The quantitative estimate of drug-likeness (QED) is 0.799. The predicted molar refractivity (Wildman–Crippen MR) is 79.2 cm³/mol. The summed E-state index contributed by atoms with van der Waals surface area (Å²) in [5, 5.41) is 15.3. The minimum absolute atomic E-state index is 0.189. The summed E-state index contributed by atoms with van der Waals surface area (Å²) in [5.41, 5.74) is 1.80. The first kappa shape index (κ1) is 14.3. The third-order valence-corrected chi connectivity index (χ3v) is 4.08. The number of amides is 2. The third-order valence-electron chi connectivity index (χ3n) is 3.59. The fourth-order valence-corrected chi connectivity index (χ4v) is 2.74. The molecule has 0 saturated heterocycles. The number of aliphatic hydroxyl groups excluding tert-OH is 1. The van der Waals surface area contributed by atoms with Crippen molar-refractivity contribution in [1.29, 1.82) is 0 Å². The summed E-state index contributed by atoms with van der Waals surface area (Å²) in [6.45, 7) is 2.48. The number of hydrogen-bond donors (Lipinski definition) is 3. The van der Waals surface area contributed by atoms with Crippen LogP contribution in [0.4, 0.5) is 10.5 Å². The molecule has 1 aliphatic carbocycles. The number of nitrogens with one attached hydrogen (secondary N) is 2. The van der Waals surface area contributed by atoms with E-state index in [2.05, 4.69) is 26.6 Å². The Bertz CT molecular complexity index is 465. The number of hydrogen-bond acceptors (Lipinski definition) is 2. The first-order valence-electron chi connectivity index (χ1n) is 6.55. The molecule has 5 heteroatoms. The summed E-state index contributed by atoms with van der Waals surface area (Å²) in [7, 11) is 0. The van der Waals surface area contributed by atoms with E-state index in [0.29, 0.717) is 6.54 Å². The van der Waals surface area contributed by atoms with Gasteiger partial charge in [0.1, 0.15) is 0 Å². The predicted octanol–water partition coefficient (Wildman–Crippen LogP) is 3.04. The molecular weight excluding hydrogens is 308 g/mol. The molecular formula is C14H19BrN2O2. The van der Waals surface area contributed by atoms with Gasteiger partial charge in [0.25, 0.3) is 0 Å². The topological polar surface area (TPSA) is 61.4 Å². The fourth-order valence-electron chi connectivity index (χ4n) is 2.37. The molecule has 0 radical (unpaired) electrons. The van der Waals surface area contributed by atoms with Crippen LogP contribution in [0.15, 0.2) is 22.7 Å². The summed E-state index contributed by atoms with van der Waals surface area (Å²) >= 11 is 3.38. The van der Waals surface area contributed by atoms with Crippen molar-refractivity contribution in [2.45, 2.75) is 32.3 Å². The summed E-state index contributed by atoms with van der Waals surface area (Å²) < 4.78 is 0.930. The minimum Gasteiger partial charge on any atom is -0.393 e. The lowest BCUT2D eigenvalue weighted by atomic mass is 10.1. The smallest absolute Gasteiger partial charge is 0.319 e. The van der Waals surface area contributed by atoms with E-state index in [4.69, 9.17) is 0 Å². The van der Waals surface area contributed by atoms with Crippen molar-refractivity contribution >= 4 is 27.6 Å². The lowest BCUT2D eigenvalue weighted by molar-refractivity contribution is 0.133. The Morgan fingerprint density at radius 3 is 2.95 bits per heavy atom. The van der Waals surface area contributed by atoms with Gasteiger partial charge in [0.2, 0.25) is 0 Å². The van der Waals surface area contributed by atoms with Crippen LogP contribution in [0.3, 0.4) is 0 Å². The maximum absolute atomic E-state index is 11.8. The van der Waals surface area contributed by atoms with Crippen LogP contribution < -0.4 is 10.6 Å². The van der Waals surface area contributed by atoms with Gasteiger partial charge >= 0.3 is 6.03 Å². The monoisotopic (exact) mass is 326 g/mol. The zero-order chi connectivity index (χ0) is 13.8. The Balaban J connectivity index is 1.85. The van der Waals surface area contributed by atoms with Gasteiger partial charge < -0.3 is 15.7 Å². The van der Waals surface area contributed by atoms with E-state index in [0.717, 1.165) is 35.0 Å². The molecule has 2 amide bonds. The van der Waals surface area contributed by atoms with E-state index in [9.17, 15) is 9.90 Å². The van der Waals surface area contributed by atoms with Crippen LogP contribution in [-0.4, -0.2) is 23.8 Å². The van der Waals surface area contributed by atoms with Crippen LogP contribution in [0, 0.1) is 12.8 Å². The number of aliphatic hydroxyl groups is 1. The highest BCUT2D eigenvalue weighted by Gasteiger charge is 2.25. The second kappa shape index (κ2) is 6.39. The molecule has 0 aliphatic heterocycles. The highest BCUT2D eigenvalue weighted by molar-refractivity contribution is 9.10. The zero-order valence-electron chi connectivity index (χ0n) is 10.9. The maximum Gasteiger partial charge on any atom is 0.319 e. The molecule has 1 aliphatic rings. The normalized spacial score (nSPS) is 22.3. The average Bonchev–Trinajstić information content (AvgIpc) is 2.77. The first-order valence-corrected chi connectivity index (χ1v) is 7.34. The first-order chi connectivity index (χ1) is 9.06. The molecule has 0 spiro atoms. The average molecular weight is 327 g/mol. The van der Waals surface area contributed by atoms with Gasteiger partial charge in [-0.2, -0.15) is 0 Å². The largest absolute Gasteiger partial charge is 0.393 e. The molecule has 2 atom stereocenters. The Labute approximate surface area is 121 Å². The highest BCUT2D eigenvalue weighted by atomic mass is 79.9. The van der Waals surface area contributed by atoms with Gasteiger partial charge in [0, 0.05) is 22.6 Å². The number of carbonyl (C=O) groups is 1. The molecule has 0 heterocycles. The zero-order valence-corrected chi connectivity index (χ0v) is 12.5. The van der Waals surface area contributed by atoms with Crippen molar-refractivity contribution in [2.24, 2.45) is 5.92 Å². The number of rotatable bonds is 3. The molecule has 19 heavy (non-hydrogen) atoms. The lowest BCUT2D eigenvalue weighted by Gasteiger charge is -2.16. The molecule has 104 valence electrons. The highest BCUT2D eigenvalue weighted by Crippen LogP contribution is 2.25. The molecule has 0 aromatic heterocycles. The minimum atomic E-state index is -0.270. The molecule has 4 nitrogen and oxygen atoms in total. The van der Waals surface area contributed by atoms with Crippen molar-refractivity contribution in [3.63, 3.8) is 0 Å². The lowest BCUT2D eigenvalue weighted by Crippen LogP contribution is -2.35. The number of urea groups is 1. The maximum atomic E-state index is 11.8. The SMILES string of the molecule is Cc1ccc(Br)cc1NC(=O)NC[C@@H]1CCC[C@@H]1O. The molecule has 1 fully saturated rings. The van der Waals surface area contributed by atoms with Crippen LogP contribution in [-0.2, 0) is 0 Å². The fraction of sp³-hybridized carbons (Fsp3) is 0.500. The van der Waals surface area contributed by atoms with Crippen molar-refractivity contribution < 1.29 is 9.90 Å². The molecule has 2 rings (SSSR count). The number of aryl methyl sites for hydroxylation is 1. The molecule has 1 aromatic rings. The van der Waals surface area contributed by atoms with Gasteiger partial charge in [0.05, 0.1) is 6.10 Å². The molecule has 3 N–H and O–H groups in total. The second-order valence-corrected chi connectivity index (χ2v) is 5.97. The van der Waals surface area contributed by atoms with E-state index in [1.807, 2.05) is 25.1 Å². The van der Waals surface area contributed by atoms with Crippen LogP contribution in [0.2, 0.25) is 0 Å².